The Morgan fingerprint density at radius 3 is 2.60 bits per heavy atom. The fourth-order valence-corrected chi connectivity index (χ4v) is 2.19. The van der Waals surface area contributed by atoms with Crippen molar-refractivity contribution in [3.05, 3.63) is 59.8 Å². The Morgan fingerprint density at radius 2 is 1.85 bits per heavy atom. The van der Waals surface area contributed by atoms with E-state index in [1.807, 2.05) is 25.1 Å². The van der Waals surface area contributed by atoms with Crippen LogP contribution in [0.25, 0.3) is 10.9 Å². The molecule has 5 heteroatoms. The number of hydrogen-bond acceptors (Lipinski definition) is 2. The molecule has 0 spiro atoms. The molecule has 0 aliphatic heterocycles. The van der Waals surface area contributed by atoms with Crippen molar-refractivity contribution in [1.29, 1.82) is 0 Å². The second kappa shape index (κ2) is 4.92. The third kappa shape index (κ3) is 2.47. The molecular weight excluding hydrogens is 260 g/mol. The van der Waals surface area contributed by atoms with Crippen LogP contribution in [-0.4, -0.2) is 10.2 Å². The maximum atomic E-state index is 13.2. The summed E-state index contributed by atoms with van der Waals surface area (Å²) in [6.07, 6.45) is 1.74. The Balaban J connectivity index is 1.85. The fourth-order valence-electron chi connectivity index (χ4n) is 2.19. The average Bonchev–Trinajstić information content (AvgIpc) is 2.85. The first-order valence-electron chi connectivity index (χ1n) is 6.27. The highest BCUT2D eigenvalue weighted by molar-refractivity contribution is 5.81. The lowest BCUT2D eigenvalue weighted by Gasteiger charge is -2.16. The summed E-state index contributed by atoms with van der Waals surface area (Å²) >= 11 is 0. The van der Waals surface area contributed by atoms with Gasteiger partial charge in [0.1, 0.15) is 11.6 Å². The quantitative estimate of drug-likeness (QED) is 0.756. The zero-order valence-corrected chi connectivity index (χ0v) is 10.8. The first kappa shape index (κ1) is 12.6. The van der Waals surface area contributed by atoms with Crippen molar-refractivity contribution < 1.29 is 8.78 Å². The first-order chi connectivity index (χ1) is 9.61. The summed E-state index contributed by atoms with van der Waals surface area (Å²) in [5.74, 6) is -1.14. The van der Waals surface area contributed by atoms with Crippen molar-refractivity contribution in [3.8, 4) is 0 Å². The average molecular weight is 273 g/mol. The summed E-state index contributed by atoms with van der Waals surface area (Å²) in [5.41, 5.74) is 2.33. The molecule has 1 atom stereocenters. The van der Waals surface area contributed by atoms with Crippen molar-refractivity contribution in [2.75, 3.05) is 5.32 Å². The minimum Gasteiger partial charge on any atom is -0.378 e. The van der Waals surface area contributed by atoms with Gasteiger partial charge in [0, 0.05) is 23.2 Å². The van der Waals surface area contributed by atoms with Gasteiger partial charge in [0.25, 0.3) is 0 Å². The van der Waals surface area contributed by atoms with E-state index < -0.39 is 11.6 Å². The van der Waals surface area contributed by atoms with Crippen LogP contribution in [0.15, 0.2) is 42.6 Å². The molecule has 0 fully saturated rings. The molecule has 1 aromatic heterocycles. The molecule has 3 rings (SSSR count). The lowest BCUT2D eigenvalue weighted by atomic mass is 10.1. The second-order valence-electron chi connectivity index (χ2n) is 4.74. The zero-order valence-electron chi connectivity index (χ0n) is 10.8. The predicted octanol–water partition coefficient (Wildman–Crippen LogP) is 4.01. The second-order valence-corrected chi connectivity index (χ2v) is 4.74. The number of nitrogens with zero attached hydrogens (tertiary/aromatic N) is 1. The van der Waals surface area contributed by atoms with Gasteiger partial charge in [-0.15, -0.1) is 0 Å². The van der Waals surface area contributed by atoms with Gasteiger partial charge in [-0.1, -0.05) is 0 Å². The van der Waals surface area contributed by atoms with E-state index in [0.29, 0.717) is 5.56 Å². The molecule has 0 radical (unpaired) electrons. The van der Waals surface area contributed by atoms with Gasteiger partial charge in [0.05, 0.1) is 11.7 Å². The topological polar surface area (TPSA) is 40.7 Å². The molecule has 102 valence electrons. The SMILES string of the molecule is CC(Nc1ccc2cn[nH]c2c1)c1cc(F)cc(F)c1. The highest BCUT2D eigenvalue weighted by atomic mass is 19.1. The number of rotatable bonds is 3. The third-order valence-electron chi connectivity index (χ3n) is 3.21. The number of H-pyrrole nitrogens is 1. The van der Waals surface area contributed by atoms with Crippen LogP contribution >= 0.6 is 0 Å². The Kier molecular flexibility index (Phi) is 3.10. The first-order valence-corrected chi connectivity index (χ1v) is 6.27. The third-order valence-corrected chi connectivity index (χ3v) is 3.21. The standard InChI is InChI=1S/C15H13F2N3/c1-9(11-4-12(16)6-13(17)5-11)19-14-3-2-10-8-18-20-15(10)7-14/h2-9,19H,1H3,(H,18,20). The van der Waals surface area contributed by atoms with Crippen LogP contribution in [0.3, 0.4) is 0 Å². The van der Waals surface area contributed by atoms with E-state index in [2.05, 4.69) is 15.5 Å². The van der Waals surface area contributed by atoms with E-state index in [1.54, 1.807) is 6.20 Å². The van der Waals surface area contributed by atoms with E-state index in [-0.39, 0.29) is 6.04 Å². The molecule has 20 heavy (non-hydrogen) atoms. The Morgan fingerprint density at radius 1 is 1.10 bits per heavy atom. The summed E-state index contributed by atoms with van der Waals surface area (Å²) in [4.78, 5) is 0. The minimum absolute atomic E-state index is 0.208. The maximum absolute atomic E-state index is 13.2. The Labute approximate surface area is 114 Å². The van der Waals surface area contributed by atoms with Gasteiger partial charge >= 0.3 is 0 Å². The van der Waals surface area contributed by atoms with Crippen molar-refractivity contribution in [3.63, 3.8) is 0 Å². The zero-order chi connectivity index (χ0) is 14.1. The molecule has 0 saturated carbocycles. The van der Waals surface area contributed by atoms with Crippen LogP contribution in [0.4, 0.5) is 14.5 Å². The van der Waals surface area contributed by atoms with Crippen LogP contribution in [0.5, 0.6) is 0 Å². The molecule has 0 aliphatic carbocycles. The molecule has 3 aromatic rings. The molecule has 0 bridgehead atoms. The molecule has 3 nitrogen and oxygen atoms in total. The number of halogens is 2. The maximum Gasteiger partial charge on any atom is 0.126 e. The van der Waals surface area contributed by atoms with Crippen molar-refractivity contribution in [2.45, 2.75) is 13.0 Å². The number of anilines is 1. The molecule has 2 aromatic carbocycles. The molecule has 2 N–H and O–H groups in total. The van der Waals surface area contributed by atoms with E-state index in [0.717, 1.165) is 22.7 Å². The summed E-state index contributed by atoms with van der Waals surface area (Å²) in [6, 6.07) is 9.07. The largest absolute Gasteiger partial charge is 0.378 e. The molecule has 1 unspecified atom stereocenters. The van der Waals surface area contributed by atoms with Gasteiger partial charge in [0.15, 0.2) is 0 Å². The van der Waals surface area contributed by atoms with E-state index in [9.17, 15) is 8.78 Å². The highest BCUT2D eigenvalue weighted by Gasteiger charge is 2.09. The normalized spacial score (nSPS) is 12.6. The minimum atomic E-state index is -0.572. The summed E-state index contributed by atoms with van der Waals surface area (Å²) in [5, 5.41) is 11.1. The van der Waals surface area contributed by atoms with E-state index in [4.69, 9.17) is 0 Å². The summed E-state index contributed by atoms with van der Waals surface area (Å²) in [6.45, 7) is 1.85. The van der Waals surface area contributed by atoms with Crippen LogP contribution in [0.1, 0.15) is 18.5 Å². The highest BCUT2D eigenvalue weighted by Crippen LogP contribution is 2.23. The number of nitrogens with one attached hydrogen (secondary N) is 2. The summed E-state index contributed by atoms with van der Waals surface area (Å²) < 4.78 is 26.4. The van der Waals surface area contributed by atoms with Crippen LogP contribution in [-0.2, 0) is 0 Å². The lowest BCUT2D eigenvalue weighted by Crippen LogP contribution is -2.07. The fraction of sp³-hybridized carbons (Fsp3) is 0.133. The summed E-state index contributed by atoms with van der Waals surface area (Å²) in [7, 11) is 0. The molecule has 0 aliphatic rings. The van der Waals surface area contributed by atoms with Gasteiger partial charge in [0.2, 0.25) is 0 Å². The van der Waals surface area contributed by atoms with Crippen LogP contribution in [0, 0.1) is 11.6 Å². The predicted molar refractivity (Wildman–Crippen MR) is 74.5 cm³/mol. The number of hydrogen-bond donors (Lipinski definition) is 2. The number of benzene rings is 2. The molecule has 0 amide bonds. The molecule has 0 saturated heterocycles. The van der Waals surface area contributed by atoms with Crippen molar-refractivity contribution in [1.82, 2.24) is 10.2 Å². The van der Waals surface area contributed by atoms with E-state index in [1.165, 1.54) is 12.1 Å². The smallest absolute Gasteiger partial charge is 0.126 e. The van der Waals surface area contributed by atoms with Gasteiger partial charge < -0.3 is 5.32 Å². The number of aromatic amines is 1. The van der Waals surface area contributed by atoms with Crippen molar-refractivity contribution >= 4 is 16.6 Å². The number of aromatic nitrogens is 2. The monoisotopic (exact) mass is 273 g/mol. The van der Waals surface area contributed by atoms with Gasteiger partial charge in [-0.3, -0.25) is 5.10 Å². The molecule has 1 heterocycles. The van der Waals surface area contributed by atoms with Crippen LogP contribution < -0.4 is 5.32 Å². The number of fused-ring (bicyclic) bond motifs is 1. The van der Waals surface area contributed by atoms with Crippen molar-refractivity contribution in [2.24, 2.45) is 0 Å². The lowest BCUT2D eigenvalue weighted by molar-refractivity contribution is 0.577. The Hall–Kier alpha value is -2.43. The van der Waals surface area contributed by atoms with Gasteiger partial charge in [-0.05, 0) is 42.8 Å². The molecular formula is C15H13F2N3. The van der Waals surface area contributed by atoms with E-state index >= 15 is 0 Å². The van der Waals surface area contributed by atoms with Gasteiger partial charge in [-0.25, -0.2) is 8.78 Å². The van der Waals surface area contributed by atoms with Gasteiger partial charge in [-0.2, -0.15) is 5.10 Å². The Bertz CT molecular complexity index is 731. The van der Waals surface area contributed by atoms with Crippen LogP contribution in [0.2, 0.25) is 0 Å².